The monoisotopic (exact) mass is 445 g/mol. The molecular formula is C26H24FN3O3. The topological polar surface area (TPSA) is 63.2 Å². The Morgan fingerprint density at radius 1 is 1.00 bits per heavy atom. The first-order valence-electron chi connectivity index (χ1n) is 10.4. The number of nitrogens with one attached hydrogen (secondary N) is 1. The molecule has 0 fully saturated rings. The molecule has 1 N–H and O–H groups in total. The minimum Gasteiger partial charge on any atom is -0.493 e. The number of carbonyl (C=O) groups excluding carboxylic acids is 1. The van der Waals surface area contributed by atoms with Crippen molar-refractivity contribution in [2.45, 2.75) is 13.8 Å². The SMILES string of the molecule is COc1cc2c(cc1OC)C(c1ccc(Nc3ccccc3F)cc1)=NN(C(C)=O)C(C)=C2. The van der Waals surface area contributed by atoms with Crippen molar-refractivity contribution >= 4 is 29.1 Å². The van der Waals surface area contributed by atoms with Crippen molar-refractivity contribution in [3.05, 3.63) is 88.9 Å². The molecule has 7 heteroatoms. The minimum atomic E-state index is -0.330. The van der Waals surface area contributed by atoms with E-state index in [4.69, 9.17) is 9.47 Å². The van der Waals surface area contributed by atoms with Crippen LogP contribution in [0.1, 0.15) is 30.5 Å². The molecule has 3 aromatic rings. The van der Waals surface area contributed by atoms with Crippen LogP contribution in [0.5, 0.6) is 11.5 Å². The van der Waals surface area contributed by atoms with Gasteiger partial charge in [0.05, 0.1) is 25.6 Å². The van der Waals surface area contributed by atoms with Crippen LogP contribution in [-0.2, 0) is 4.79 Å². The van der Waals surface area contributed by atoms with Gasteiger partial charge in [-0.15, -0.1) is 0 Å². The molecule has 0 saturated heterocycles. The molecule has 0 bridgehead atoms. The van der Waals surface area contributed by atoms with Gasteiger partial charge in [0.25, 0.3) is 0 Å². The van der Waals surface area contributed by atoms with Crippen LogP contribution in [0.25, 0.3) is 6.08 Å². The van der Waals surface area contributed by atoms with Crippen molar-refractivity contribution in [1.82, 2.24) is 5.01 Å². The van der Waals surface area contributed by atoms with Crippen LogP contribution in [-0.4, -0.2) is 30.8 Å². The maximum absolute atomic E-state index is 14.0. The van der Waals surface area contributed by atoms with E-state index >= 15 is 0 Å². The number of amides is 1. The average Bonchev–Trinajstić information content (AvgIpc) is 2.95. The molecule has 0 unspecified atom stereocenters. The van der Waals surface area contributed by atoms with E-state index in [0.717, 1.165) is 22.4 Å². The standard InChI is InChI=1S/C26H24FN3O3/c1-16-13-19-14-24(32-3)25(33-4)15-21(19)26(29-30(16)17(2)31)18-9-11-20(12-10-18)28-23-8-6-5-7-22(23)27/h5-15,28H,1-4H3. The highest BCUT2D eigenvalue weighted by Gasteiger charge is 2.23. The van der Waals surface area contributed by atoms with Crippen molar-refractivity contribution in [3.8, 4) is 11.5 Å². The summed E-state index contributed by atoms with van der Waals surface area (Å²) in [5, 5.41) is 9.13. The number of rotatable bonds is 5. The van der Waals surface area contributed by atoms with Crippen LogP contribution in [0.15, 0.2) is 71.5 Å². The molecule has 1 amide bonds. The van der Waals surface area contributed by atoms with E-state index in [2.05, 4.69) is 10.4 Å². The second-order valence-electron chi connectivity index (χ2n) is 7.54. The van der Waals surface area contributed by atoms with E-state index in [1.54, 1.807) is 32.4 Å². The number of anilines is 2. The number of hydrogen-bond acceptors (Lipinski definition) is 5. The summed E-state index contributed by atoms with van der Waals surface area (Å²) in [6, 6.07) is 17.6. The van der Waals surface area contributed by atoms with E-state index in [9.17, 15) is 9.18 Å². The smallest absolute Gasteiger partial charge is 0.243 e. The number of hydrogen-bond donors (Lipinski definition) is 1. The normalized spacial score (nSPS) is 12.8. The summed E-state index contributed by atoms with van der Waals surface area (Å²) in [4.78, 5) is 12.3. The molecular weight excluding hydrogens is 421 g/mol. The molecule has 0 aliphatic carbocycles. The summed E-state index contributed by atoms with van der Waals surface area (Å²) < 4.78 is 25.0. The highest BCUT2D eigenvalue weighted by molar-refractivity contribution is 6.16. The minimum absolute atomic E-state index is 0.203. The van der Waals surface area contributed by atoms with Gasteiger partial charge in [0.1, 0.15) is 5.82 Å². The lowest BCUT2D eigenvalue weighted by Gasteiger charge is -2.17. The number of hydrazone groups is 1. The van der Waals surface area contributed by atoms with Crippen LogP contribution < -0.4 is 14.8 Å². The van der Waals surface area contributed by atoms with Gasteiger partial charge in [0.15, 0.2) is 11.5 Å². The van der Waals surface area contributed by atoms with Crippen LogP contribution in [0.4, 0.5) is 15.8 Å². The van der Waals surface area contributed by atoms with Gasteiger partial charge in [0, 0.05) is 29.4 Å². The molecule has 0 radical (unpaired) electrons. The van der Waals surface area contributed by atoms with Crippen molar-refractivity contribution in [3.63, 3.8) is 0 Å². The summed E-state index contributed by atoms with van der Waals surface area (Å²) in [6.07, 6.45) is 1.89. The molecule has 1 heterocycles. The molecule has 1 aliphatic heterocycles. The largest absolute Gasteiger partial charge is 0.493 e. The van der Waals surface area contributed by atoms with E-state index in [1.807, 2.05) is 49.4 Å². The number of halogens is 1. The molecule has 0 spiro atoms. The third-order valence-corrected chi connectivity index (χ3v) is 5.32. The molecule has 0 aromatic heterocycles. The molecule has 168 valence electrons. The van der Waals surface area contributed by atoms with Gasteiger partial charge in [-0.3, -0.25) is 4.79 Å². The Kier molecular flexibility index (Phi) is 6.13. The van der Waals surface area contributed by atoms with E-state index < -0.39 is 0 Å². The zero-order chi connectivity index (χ0) is 23.5. The van der Waals surface area contributed by atoms with E-state index in [0.29, 0.717) is 28.6 Å². The summed E-state index contributed by atoms with van der Waals surface area (Å²) >= 11 is 0. The van der Waals surface area contributed by atoms with Crippen molar-refractivity contribution in [2.24, 2.45) is 5.10 Å². The van der Waals surface area contributed by atoms with Crippen LogP contribution in [0.3, 0.4) is 0 Å². The average molecular weight is 445 g/mol. The Morgan fingerprint density at radius 3 is 2.30 bits per heavy atom. The summed E-state index contributed by atoms with van der Waals surface area (Å²) in [7, 11) is 3.15. The number of methoxy groups -OCH3 is 2. The number of ether oxygens (including phenoxy) is 2. The number of allylic oxidation sites excluding steroid dienone is 1. The first-order valence-corrected chi connectivity index (χ1v) is 10.4. The Morgan fingerprint density at radius 2 is 1.67 bits per heavy atom. The van der Waals surface area contributed by atoms with E-state index in [1.165, 1.54) is 18.0 Å². The Hall–Kier alpha value is -4.13. The fourth-order valence-electron chi connectivity index (χ4n) is 3.70. The van der Waals surface area contributed by atoms with Crippen molar-refractivity contribution in [1.29, 1.82) is 0 Å². The molecule has 6 nitrogen and oxygen atoms in total. The van der Waals surface area contributed by atoms with Gasteiger partial charge in [-0.1, -0.05) is 24.3 Å². The van der Waals surface area contributed by atoms with Crippen molar-refractivity contribution in [2.75, 3.05) is 19.5 Å². The summed E-state index contributed by atoms with van der Waals surface area (Å²) in [5.74, 6) is 0.610. The van der Waals surface area contributed by atoms with Crippen LogP contribution >= 0.6 is 0 Å². The molecule has 0 saturated carbocycles. The maximum Gasteiger partial charge on any atom is 0.243 e. The summed E-state index contributed by atoms with van der Waals surface area (Å²) in [5.41, 5.74) is 4.84. The molecule has 0 atom stereocenters. The zero-order valence-corrected chi connectivity index (χ0v) is 18.8. The first-order chi connectivity index (χ1) is 15.9. The van der Waals surface area contributed by atoms with Gasteiger partial charge in [0.2, 0.25) is 5.91 Å². The molecule has 3 aromatic carbocycles. The lowest BCUT2D eigenvalue weighted by Crippen LogP contribution is -2.22. The fraction of sp³-hybridized carbons (Fsp3) is 0.154. The predicted molar refractivity (Wildman–Crippen MR) is 127 cm³/mol. The molecule has 33 heavy (non-hydrogen) atoms. The van der Waals surface area contributed by atoms with Crippen LogP contribution in [0, 0.1) is 5.82 Å². The third kappa shape index (κ3) is 4.43. The van der Waals surface area contributed by atoms with E-state index in [-0.39, 0.29) is 11.7 Å². The number of benzene rings is 3. The number of fused-ring (bicyclic) bond motifs is 1. The molecule has 4 rings (SSSR count). The number of carbonyl (C=O) groups is 1. The predicted octanol–water partition coefficient (Wildman–Crippen LogP) is 5.56. The van der Waals surface area contributed by atoms with Gasteiger partial charge in [-0.25, -0.2) is 9.40 Å². The Balaban J connectivity index is 1.79. The van der Waals surface area contributed by atoms with Gasteiger partial charge in [-0.2, -0.15) is 5.10 Å². The second kappa shape index (κ2) is 9.16. The Bertz CT molecular complexity index is 1270. The zero-order valence-electron chi connectivity index (χ0n) is 18.8. The van der Waals surface area contributed by atoms with Gasteiger partial charge < -0.3 is 14.8 Å². The van der Waals surface area contributed by atoms with Crippen molar-refractivity contribution < 1.29 is 18.7 Å². The number of para-hydroxylation sites is 1. The highest BCUT2D eigenvalue weighted by Crippen LogP contribution is 2.35. The van der Waals surface area contributed by atoms with Gasteiger partial charge in [-0.05, 0) is 55.0 Å². The molecule has 1 aliphatic rings. The van der Waals surface area contributed by atoms with Gasteiger partial charge >= 0.3 is 0 Å². The number of nitrogens with zero attached hydrogens (tertiary/aromatic N) is 2. The quantitative estimate of drug-likeness (QED) is 0.558. The fourth-order valence-corrected chi connectivity index (χ4v) is 3.70. The highest BCUT2D eigenvalue weighted by atomic mass is 19.1. The summed E-state index contributed by atoms with van der Waals surface area (Å²) in [6.45, 7) is 3.30. The van der Waals surface area contributed by atoms with Crippen LogP contribution in [0.2, 0.25) is 0 Å². The Labute approximate surface area is 191 Å². The maximum atomic E-state index is 14.0. The first kappa shape index (κ1) is 22.1. The lowest BCUT2D eigenvalue weighted by molar-refractivity contribution is -0.126. The lowest BCUT2D eigenvalue weighted by atomic mass is 9.96. The third-order valence-electron chi connectivity index (χ3n) is 5.32. The second-order valence-corrected chi connectivity index (χ2v) is 7.54.